The van der Waals surface area contributed by atoms with E-state index in [0.29, 0.717) is 6.54 Å². The van der Waals surface area contributed by atoms with Gasteiger partial charge in [-0.1, -0.05) is 19.9 Å². The van der Waals surface area contributed by atoms with Crippen LogP contribution in [0.2, 0.25) is 0 Å². The van der Waals surface area contributed by atoms with Crippen LogP contribution in [0.4, 0.5) is 0 Å². The van der Waals surface area contributed by atoms with E-state index in [2.05, 4.69) is 10.3 Å². The normalized spacial score (nSPS) is 11.9. The summed E-state index contributed by atoms with van der Waals surface area (Å²) < 4.78 is 0. The average Bonchev–Trinajstić information content (AvgIpc) is 2.28. The van der Waals surface area contributed by atoms with Crippen molar-refractivity contribution >= 4 is 5.91 Å². The molecule has 1 amide bonds. The van der Waals surface area contributed by atoms with Gasteiger partial charge in [0.15, 0.2) is 0 Å². The van der Waals surface area contributed by atoms with Crippen LogP contribution in [0.5, 0.6) is 0 Å². The fourth-order valence-electron chi connectivity index (χ4n) is 1.31. The second kappa shape index (κ2) is 5.86. The Morgan fingerprint density at radius 3 is 2.88 bits per heavy atom. The first-order chi connectivity index (χ1) is 7.65. The number of hydrogen-bond donors (Lipinski definition) is 1. The molecule has 0 saturated carbocycles. The van der Waals surface area contributed by atoms with Crippen molar-refractivity contribution in [2.75, 3.05) is 0 Å². The lowest BCUT2D eigenvalue weighted by molar-refractivity contribution is -0.124. The van der Waals surface area contributed by atoms with E-state index in [9.17, 15) is 4.79 Å². The summed E-state index contributed by atoms with van der Waals surface area (Å²) in [4.78, 5) is 15.6. The summed E-state index contributed by atoms with van der Waals surface area (Å²) >= 11 is 0. The number of amides is 1. The quantitative estimate of drug-likeness (QED) is 0.831. The fraction of sp³-hybridized carbons (Fsp3) is 0.417. The van der Waals surface area contributed by atoms with Crippen LogP contribution in [-0.2, 0) is 11.3 Å². The summed E-state index contributed by atoms with van der Waals surface area (Å²) in [5.74, 6) is -0.781. The summed E-state index contributed by atoms with van der Waals surface area (Å²) in [6.45, 7) is 4.13. The number of nitrogens with zero attached hydrogens (tertiary/aromatic N) is 2. The molecule has 0 radical (unpaired) electrons. The molecule has 0 fully saturated rings. The summed E-state index contributed by atoms with van der Waals surface area (Å²) in [6, 6.07) is 5.70. The zero-order valence-corrected chi connectivity index (χ0v) is 9.47. The number of pyridine rings is 1. The Kier molecular flexibility index (Phi) is 4.46. The minimum absolute atomic E-state index is 0.0268. The van der Waals surface area contributed by atoms with E-state index >= 15 is 0 Å². The Labute approximate surface area is 95.3 Å². The van der Waals surface area contributed by atoms with Crippen molar-refractivity contribution in [1.82, 2.24) is 10.3 Å². The number of nitriles is 1. The molecule has 1 unspecified atom stereocenters. The van der Waals surface area contributed by atoms with Gasteiger partial charge in [0, 0.05) is 18.9 Å². The topological polar surface area (TPSA) is 65.8 Å². The maximum atomic E-state index is 11.6. The van der Waals surface area contributed by atoms with Crippen molar-refractivity contribution in [3.8, 4) is 6.07 Å². The number of hydrogen-bond acceptors (Lipinski definition) is 3. The van der Waals surface area contributed by atoms with E-state index in [1.807, 2.05) is 32.0 Å². The third-order valence-electron chi connectivity index (χ3n) is 2.28. The molecule has 1 N–H and O–H groups in total. The second-order valence-corrected chi connectivity index (χ2v) is 3.93. The molecule has 16 heavy (non-hydrogen) atoms. The van der Waals surface area contributed by atoms with Gasteiger partial charge in [-0.3, -0.25) is 9.78 Å². The molecule has 0 saturated heterocycles. The standard InChI is InChI=1S/C12H15N3O/c1-9(2)11(6-13)12(16)15-8-10-4-3-5-14-7-10/h3-5,7,9,11H,8H2,1-2H3,(H,15,16). The molecule has 1 atom stereocenters. The fourth-order valence-corrected chi connectivity index (χ4v) is 1.31. The van der Waals surface area contributed by atoms with Crippen molar-refractivity contribution < 1.29 is 4.79 Å². The van der Waals surface area contributed by atoms with Crippen LogP contribution in [0.1, 0.15) is 19.4 Å². The Hall–Kier alpha value is -1.89. The molecule has 1 heterocycles. The van der Waals surface area contributed by atoms with E-state index < -0.39 is 5.92 Å². The monoisotopic (exact) mass is 217 g/mol. The first-order valence-corrected chi connectivity index (χ1v) is 5.21. The summed E-state index contributed by atoms with van der Waals surface area (Å²) in [5.41, 5.74) is 0.927. The lowest BCUT2D eigenvalue weighted by Crippen LogP contribution is -2.32. The lowest BCUT2D eigenvalue weighted by atomic mass is 9.96. The number of nitrogens with one attached hydrogen (secondary N) is 1. The van der Waals surface area contributed by atoms with Gasteiger partial charge in [-0.15, -0.1) is 0 Å². The van der Waals surface area contributed by atoms with Crippen LogP contribution in [0, 0.1) is 23.2 Å². The molecule has 1 aromatic rings. The summed E-state index contributed by atoms with van der Waals surface area (Å²) in [7, 11) is 0. The van der Waals surface area contributed by atoms with Crippen LogP contribution >= 0.6 is 0 Å². The van der Waals surface area contributed by atoms with Crippen molar-refractivity contribution in [1.29, 1.82) is 5.26 Å². The average molecular weight is 217 g/mol. The van der Waals surface area contributed by atoms with Gasteiger partial charge in [-0.05, 0) is 17.5 Å². The van der Waals surface area contributed by atoms with E-state index in [1.54, 1.807) is 12.4 Å². The van der Waals surface area contributed by atoms with Gasteiger partial charge in [0.1, 0.15) is 5.92 Å². The lowest BCUT2D eigenvalue weighted by Gasteiger charge is -2.12. The highest BCUT2D eigenvalue weighted by Gasteiger charge is 2.20. The smallest absolute Gasteiger partial charge is 0.237 e. The number of rotatable bonds is 4. The molecule has 0 spiro atoms. The molecule has 84 valence electrons. The zero-order chi connectivity index (χ0) is 12.0. The molecule has 1 aromatic heterocycles. The van der Waals surface area contributed by atoms with E-state index in [4.69, 9.17) is 5.26 Å². The van der Waals surface area contributed by atoms with Crippen molar-refractivity contribution in [2.24, 2.45) is 11.8 Å². The highest BCUT2D eigenvalue weighted by molar-refractivity contribution is 5.81. The van der Waals surface area contributed by atoms with Crippen molar-refractivity contribution in [2.45, 2.75) is 20.4 Å². The molecule has 4 nitrogen and oxygen atoms in total. The van der Waals surface area contributed by atoms with Crippen LogP contribution in [-0.4, -0.2) is 10.9 Å². The third-order valence-corrected chi connectivity index (χ3v) is 2.28. The molecule has 0 bridgehead atoms. The van der Waals surface area contributed by atoms with Crippen LogP contribution in [0.15, 0.2) is 24.5 Å². The van der Waals surface area contributed by atoms with Gasteiger partial charge >= 0.3 is 0 Å². The Morgan fingerprint density at radius 2 is 2.38 bits per heavy atom. The van der Waals surface area contributed by atoms with Gasteiger partial charge < -0.3 is 5.32 Å². The number of aromatic nitrogens is 1. The predicted molar refractivity (Wildman–Crippen MR) is 60.0 cm³/mol. The zero-order valence-electron chi connectivity index (χ0n) is 9.47. The predicted octanol–water partition coefficient (Wildman–Crippen LogP) is 1.49. The van der Waals surface area contributed by atoms with E-state index in [0.717, 1.165) is 5.56 Å². The van der Waals surface area contributed by atoms with E-state index in [-0.39, 0.29) is 11.8 Å². The Morgan fingerprint density at radius 1 is 1.62 bits per heavy atom. The molecule has 1 rings (SSSR count). The highest BCUT2D eigenvalue weighted by atomic mass is 16.1. The molecule has 0 aliphatic rings. The van der Waals surface area contributed by atoms with Crippen LogP contribution < -0.4 is 5.32 Å². The number of carbonyl (C=O) groups excluding carboxylic acids is 1. The first-order valence-electron chi connectivity index (χ1n) is 5.21. The summed E-state index contributed by atoms with van der Waals surface area (Å²) in [6.07, 6.45) is 3.37. The van der Waals surface area contributed by atoms with Gasteiger partial charge in [-0.2, -0.15) is 5.26 Å². The third kappa shape index (κ3) is 3.35. The largest absolute Gasteiger partial charge is 0.351 e. The van der Waals surface area contributed by atoms with Crippen LogP contribution in [0.3, 0.4) is 0 Å². The van der Waals surface area contributed by atoms with E-state index in [1.165, 1.54) is 0 Å². The molecule has 0 aromatic carbocycles. The maximum absolute atomic E-state index is 11.6. The molecule has 0 aliphatic carbocycles. The first kappa shape index (κ1) is 12.2. The minimum atomic E-state index is -0.586. The van der Waals surface area contributed by atoms with Crippen molar-refractivity contribution in [3.63, 3.8) is 0 Å². The van der Waals surface area contributed by atoms with Gasteiger partial charge in [0.05, 0.1) is 6.07 Å². The second-order valence-electron chi connectivity index (χ2n) is 3.93. The maximum Gasteiger partial charge on any atom is 0.237 e. The molecular weight excluding hydrogens is 202 g/mol. The Balaban J connectivity index is 2.50. The molecule has 4 heteroatoms. The minimum Gasteiger partial charge on any atom is -0.351 e. The Bertz CT molecular complexity index is 381. The van der Waals surface area contributed by atoms with Gasteiger partial charge in [0.25, 0.3) is 0 Å². The summed E-state index contributed by atoms with van der Waals surface area (Å²) in [5, 5.41) is 11.6. The molecular formula is C12H15N3O. The van der Waals surface area contributed by atoms with Crippen LogP contribution in [0.25, 0.3) is 0 Å². The van der Waals surface area contributed by atoms with Crippen molar-refractivity contribution in [3.05, 3.63) is 30.1 Å². The van der Waals surface area contributed by atoms with Gasteiger partial charge in [0.2, 0.25) is 5.91 Å². The highest BCUT2D eigenvalue weighted by Crippen LogP contribution is 2.09. The SMILES string of the molecule is CC(C)C(C#N)C(=O)NCc1cccnc1. The molecule has 0 aliphatic heterocycles. The van der Waals surface area contributed by atoms with Gasteiger partial charge in [-0.25, -0.2) is 0 Å². The number of carbonyl (C=O) groups is 1.